The van der Waals surface area contributed by atoms with Crippen LogP contribution < -0.4 is 10.2 Å². The van der Waals surface area contributed by atoms with Crippen LogP contribution in [0.2, 0.25) is 0 Å². The van der Waals surface area contributed by atoms with Crippen molar-refractivity contribution in [2.75, 3.05) is 17.3 Å². The van der Waals surface area contributed by atoms with E-state index in [1.54, 1.807) is 12.4 Å². The highest BCUT2D eigenvalue weighted by Crippen LogP contribution is 2.40. The van der Waals surface area contributed by atoms with Gasteiger partial charge in [-0.05, 0) is 30.3 Å². The molecule has 0 spiro atoms. The molecule has 0 bridgehead atoms. The highest BCUT2D eigenvalue weighted by molar-refractivity contribution is 5.88. The SMILES string of the molecule is CN1c2ccc(C#Cc3ccccc3)cc2Nc2nccnc21. The molecule has 3 aromatic rings. The van der Waals surface area contributed by atoms with Gasteiger partial charge in [0.2, 0.25) is 0 Å². The number of aromatic nitrogens is 2. The van der Waals surface area contributed by atoms with E-state index in [9.17, 15) is 0 Å². The van der Waals surface area contributed by atoms with E-state index in [1.807, 2.05) is 54.4 Å². The largest absolute Gasteiger partial charge is 0.335 e. The molecule has 1 aromatic heterocycles. The van der Waals surface area contributed by atoms with Crippen molar-refractivity contribution in [2.24, 2.45) is 0 Å². The Kier molecular flexibility index (Phi) is 3.17. The molecular formula is C19H14N4. The number of nitrogens with one attached hydrogen (secondary N) is 1. The van der Waals surface area contributed by atoms with Gasteiger partial charge in [-0.2, -0.15) is 0 Å². The molecule has 0 aliphatic carbocycles. The van der Waals surface area contributed by atoms with Gasteiger partial charge in [-0.3, -0.25) is 0 Å². The summed E-state index contributed by atoms with van der Waals surface area (Å²) in [5.74, 6) is 7.97. The standard InChI is InChI=1S/C19H14N4/c1-23-17-10-9-15(8-7-14-5-3-2-4-6-14)13-16(17)22-18-19(23)21-12-11-20-18/h2-6,9-13H,1H3,(H,20,22). The average Bonchev–Trinajstić information content (AvgIpc) is 2.61. The topological polar surface area (TPSA) is 41.0 Å². The van der Waals surface area contributed by atoms with E-state index < -0.39 is 0 Å². The molecular weight excluding hydrogens is 284 g/mol. The molecule has 23 heavy (non-hydrogen) atoms. The first-order chi connectivity index (χ1) is 11.3. The van der Waals surface area contributed by atoms with E-state index in [1.165, 1.54) is 0 Å². The Labute approximate surface area is 134 Å². The second-order valence-electron chi connectivity index (χ2n) is 5.26. The van der Waals surface area contributed by atoms with Gasteiger partial charge in [-0.15, -0.1) is 0 Å². The third-order valence-electron chi connectivity index (χ3n) is 3.73. The number of nitrogens with zero attached hydrogens (tertiary/aromatic N) is 3. The van der Waals surface area contributed by atoms with Crippen LogP contribution in [0, 0.1) is 11.8 Å². The van der Waals surface area contributed by atoms with Gasteiger partial charge in [-0.25, -0.2) is 9.97 Å². The molecule has 0 amide bonds. The lowest BCUT2D eigenvalue weighted by Gasteiger charge is -2.28. The molecule has 1 aliphatic rings. The molecule has 4 heteroatoms. The predicted octanol–water partition coefficient (Wildman–Crippen LogP) is 3.70. The van der Waals surface area contributed by atoms with Gasteiger partial charge in [0.25, 0.3) is 0 Å². The lowest BCUT2D eigenvalue weighted by molar-refractivity contribution is 1.07. The van der Waals surface area contributed by atoms with Crippen LogP contribution >= 0.6 is 0 Å². The Morgan fingerprint density at radius 2 is 1.70 bits per heavy atom. The first-order valence-electron chi connectivity index (χ1n) is 7.34. The number of fused-ring (bicyclic) bond motifs is 2. The zero-order valence-electron chi connectivity index (χ0n) is 12.6. The van der Waals surface area contributed by atoms with Crippen molar-refractivity contribution in [3.63, 3.8) is 0 Å². The van der Waals surface area contributed by atoms with E-state index in [-0.39, 0.29) is 0 Å². The van der Waals surface area contributed by atoms with Crippen LogP contribution in [-0.2, 0) is 0 Å². The van der Waals surface area contributed by atoms with Gasteiger partial charge in [0, 0.05) is 30.6 Å². The minimum absolute atomic E-state index is 0.760. The molecule has 4 rings (SSSR count). The molecule has 0 saturated carbocycles. The van der Waals surface area contributed by atoms with Crippen molar-refractivity contribution in [2.45, 2.75) is 0 Å². The minimum Gasteiger partial charge on any atom is -0.335 e. The summed E-state index contributed by atoms with van der Waals surface area (Å²) in [6.07, 6.45) is 3.38. The maximum absolute atomic E-state index is 4.37. The molecule has 2 aromatic carbocycles. The van der Waals surface area contributed by atoms with Gasteiger partial charge in [0.15, 0.2) is 11.6 Å². The van der Waals surface area contributed by atoms with Crippen LogP contribution in [-0.4, -0.2) is 17.0 Å². The van der Waals surface area contributed by atoms with Crippen molar-refractivity contribution in [1.82, 2.24) is 9.97 Å². The first-order valence-corrected chi connectivity index (χ1v) is 7.34. The fraction of sp³-hybridized carbons (Fsp3) is 0.0526. The summed E-state index contributed by atoms with van der Waals surface area (Å²) < 4.78 is 0. The van der Waals surface area contributed by atoms with Crippen LogP contribution in [0.3, 0.4) is 0 Å². The lowest BCUT2D eigenvalue weighted by atomic mass is 10.1. The van der Waals surface area contributed by atoms with E-state index in [0.717, 1.165) is 34.1 Å². The Balaban J connectivity index is 1.70. The fourth-order valence-electron chi connectivity index (χ4n) is 2.58. The molecule has 0 atom stereocenters. The summed E-state index contributed by atoms with van der Waals surface area (Å²) in [6, 6.07) is 16.1. The molecule has 0 unspecified atom stereocenters. The van der Waals surface area contributed by atoms with Gasteiger partial charge in [0.05, 0.1) is 11.4 Å². The van der Waals surface area contributed by atoms with E-state index in [2.05, 4.69) is 33.2 Å². The number of benzene rings is 2. The monoisotopic (exact) mass is 298 g/mol. The van der Waals surface area contributed by atoms with Gasteiger partial charge >= 0.3 is 0 Å². The average molecular weight is 298 g/mol. The van der Waals surface area contributed by atoms with Crippen molar-refractivity contribution in [3.05, 3.63) is 72.1 Å². The summed E-state index contributed by atoms with van der Waals surface area (Å²) in [5.41, 5.74) is 4.01. The molecule has 4 nitrogen and oxygen atoms in total. The number of hydrogen-bond acceptors (Lipinski definition) is 4. The zero-order valence-corrected chi connectivity index (χ0v) is 12.6. The van der Waals surface area contributed by atoms with Crippen LogP contribution in [0.5, 0.6) is 0 Å². The lowest BCUT2D eigenvalue weighted by Crippen LogP contribution is -2.19. The number of rotatable bonds is 0. The molecule has 1 aliphatic heterocycles. The second kappa shape index (κ2) is 5.47. The quantitative estimate of drug-likeness (QED) is 0.642. The summed E-state index contributed by atoms with van der Waals surface area (Å²) in [7, 11) is 1.99. The molecule has 2 heterocycles. The van der Waals surface area contributed by atoms with E-state index in [4.69, 9.17) is 0 Å². The second-order valence-corrected chi connectivity index (χ2v) is 5.26. The van der Waals surface area contributed by atoms with Crippen LogP contribution in [0.25, 0.3) is 0 Å². The maximum atomic E-state index is 4.37. The Bertz CT molecular complexity index is 923. The predicted molar refractivity (Wildman–Crippen MR) is 92.2 cm³/mol. The molecule has 1 N–H and O–H groups in total. The van der Waals surface area contributed by atoms with Crippen molar-refractivity contribution in [3.8, 4) is 11.8 Å². The summed E-state index contributed by atoms with van der Waals surface area (Å²) >= 11 is 0. The van der Waals surface area contributed by atoms with Crippen LogP contribution in [0.1, 0.15) is 11.1 Å². The van der Waals surface area contributed by atoms with Crippen molar-refractivity contribution >= 4 is 23.0 Å². The minimum atomic E-state index is 0.760. The normalized spacial score (nSPS) is 11.6. The smallest absolute Gasteiger partial charge is 0.176 e. The summed E-state index contributed by atoms with van der Waals surface area (Å²) in [6.45, 7) is 0. The molecule has 0 radical (unpaired) electrons. The Morgan fingerprint density at radius 1 is 0.913 bits per heavy atom. The van der Waals surface area contributed by atoms with Gasteiger partial charge in [-0.1, -0.05) is 30.0 Å². The number of hydrogen-bond donors (Lipinski definition) is 1. The third kappa shape index (κ3) is 2.49. The fourth-order valence-corrected chi connectivity index (χ4v) is 2.58. The molecule has 0 fully saturated rings. The highest BCUT2D eigenvalue weighted by atomic mass is 15.3. The first kappa shape index (κ1) is 13.4. The highest BCUT2D eigenvalue weighted by Gasteiger charge is 2.21. The van der Waals surface area contributed by atoms with Gasteiger partial charge < -0.3 is 10.2 Å². The Morgan fingerprint density at radius 3 is 2.57 bits per heavy atom. The molecule has 0 saturated heterocycles. The Hall–Kier alpha value is -3.32. The van der Waals surface area contributed by atoms with E-state index in [0.29, 0.717) is 0 Å². The van der Waals surface area contributed by atoms with Crippen molar-refractivity contribution in [1.29, 1.82) is 0 Å². The van der Waals surface area contributed by atoms with Gasteiger partial charge in [0.1, 0.15) is 0 Å². The number of anilines is 4. The molecule has 110 valence electrons. The van der Waals surface area contributed by atoms with Crippen LogP contribution in [0.4, 0.5) is 23.0 Å². The van der Waals surface area contributed by atoms with E-state index >= 15 is 0 Å². The maximum Gasteiger partial charge on any atom is 0.176 e. The summed E-state index contributed by atoms with van der Waals surface area (Å²) in [4.78, 5) is 10.7. The third-order valence-corrected chi connectivity index (χ3v) is 3.73. The van der Waals surface area contributed by atoms with Crippen LogP contribution in [0.15, 0.2) is 60.9 Å². The summed E-state index contributed by atoms with van der Waals surface area (Å²) in [5, 5.41) is 3.33. The zero-order chi connectivity index (χ0) is 15.6. The van der Waals surface area contributed by atoms with Crippen molar-refractivity contribution < 1.29 is 0 Å².